The van der Waals surface area contributed by atoms with Crippen LogP contribution in [0.4, 0.5) is 5.69 Å². The van der Waals surface area contributed by atoms with Gasteiger partial charge in [-0.25, -0.2) is 0 Å². The minimum Gasteiger partial charge on any atom is -0.348 e. The molecular formula is C20H22ClN3O2. The predicted octanol–water partition coefficient (Wildman–Crippen LogP) is 4.28. The van der Waals surface area contributed by atoms with Gasteiger partial charge in [0.1, 0.15) is 5.69 Å². The largest absolute Gasteiger partial charge is 0.348 e. The van der Waals surface area contributed by atoms with Crippen LogP contribution in [0.25, 0.3) is 0 Å². The Morgan fingerprint density at radius 2 is 1.85 bits per heavy atom. The first-order valence-corrected chi connectivity index (χ1v) is 9.17. The number of pyridine rings is 1. The number of aromatic nitrogens is 1. The maximum atomic E-state index is 12.6. The van der Waals surface area contributed by atoms with Crippen molar-refractivity contribution in [1.29, 1.82) is 0 Å². The van der Waals surface area contributed by atoms with Crippen LogP contribution in [-0.2, 0) is 0 Å². The zero-order chi connectivity index (χ0) is 18.7. The second-order valence-electron chi connectivity index (χ2n) is 6.78. The van der Waals surface area contributed by atoms with E-state index in [2.05, 4.69) is 15.6 Å². The van der Waals surface area contributed by atoms with E-state index >= 15 is 0 Å². The van der Waals surface area contributed by atoms with Gasteiger partial charge < -0.3 is 10.6 Å². The Bertz CT molecular complexity index is 822. The molecule has 0 atom stereocenters. The zero-order valence-corrected chi connectivity index (χ0v) is 15.7. The van der Waals surface area contributed by atoms with Gasteiger partial charge in [-0.2, -0.15) is 0 Å². The number of hydrogen-bond acceptors (Lipinski definition) is 3. The summed E-state index contributed by atoms with van der Waals surface area (Å²) < 4.78 is 0. The summed E-state index contributed by atoms with van der Waals surface area (Å²) in [5.74, 6) is -0.563. The van der Waals surface area contributed by atoms with Crippen molar-refractivity contribution < 1.29 is 9.59 Å². The lowest BCUT2D eigenvalue weighted by Crippen LogP contribution is -2.33. The molecule has 0 unspecified atom stereocenters. The minimum absolute atomic E-state index is 0.204. The third-order valence-electron chi connectivity index (χ3n) is 4.62. The number of nitrogens with one attached hydrogen (secondary N) is 2. The highest BCUT2D eigenvalue weighted by Crippen LogP contribution is 2.27. The topological polar surface area (TPSA) is 71.1 Å². The molecule has 1 heterocycles. The van der Waals surface area contributed by atoms with Crippen molar-refractivity contribution in [3.05, 3.63) is 57.9 Å². The fourth-order valence-corrected chi connectivity index (χ4v) is 3.65. The summed E-state index contributed by atoms with van der Waals surface area (Å²) in [4.78, 5) is 29.0. The molecule has 3 rings (SSSR count). The Balaban J connectivity index is 1.75. The van der Waals surface area contributed by atoms with E-state index in [1.54, 1.807) is 12.1 Å². The van der Waals surface area contributed by atoms with Gasteiger partial charge in [-0.1, -0.05) is 30.5 Å². The summed E-state index contributed by atoms with van der Waals surface area (Å²) in [7, 11) is 0. The molecule has 1 aromatic carbocycles. The molecule has 1 aliphatic rings. The van der Waals surface area contributed by atoms with Crippen LogP contribution in [0.15, 0.2) is 30.5 Å². The van der Waals surface area contributed by atoms with Crippen molar-refractivity contribution in [3.63, 3.8) is 0 Å². The second kappa shape index (κ2) is 7.87. The highest BCUT2D eigenvalue weighted by atomic mass is 35.5. The Labute approximate surface area is 158 Å². The van der Waals surface area contributed by atoms with Gasteiger partial charge in [0, 0.05) is 17.8 Å². The number of aryl methyl sites for hydroxylation is 2. The summed E-state index contributed by atoms with van der Waals surface area (Å²) in [5, 5.41) is 6.30. The monoisotopic (exact) mass is 371 g/mol. The van der Waals surface area contributed by atoms with E-state index in [1.165, 1.54) is 12.3 Å². The predicted molar refractivity (Wildman–Crippen MR) is 103 cm³/mol. The van der Waals surface area contributed by atoms with Gasteiger partial charge in [-0.05, 0) is 56.0 Å². The van der Waals surface area contributed by atoms with E-state index in [9.17, 15) is 9.59 Å². The van der Waals surface area contributed by atoms with Crippen molar-refractivity contribution >= 4 is 29.1 Å². The SMILES string of the molecule is Cc1cc(C)c(NC(=O)c2ccnc(C(=O)NC3CCCC3)c2)c(Cl)c1. The Kier molecular flexibility index (Phi) is 5.57. The van der Waals surface area contributed by atoms with Gasteiger partial charge >= 0.3 is 0 Å². The number of rotatable bonds is 4. The average molecular weight is 372 g/mol. The molecule has 26 heavy (non-hydrogen) atoms. The minimum atomic E-state index is -0.323. The van der Waals surface area contributed by atoms with Crippen molar-refractivity contribution in [2.45, 2.75) is 45.6 Å². The van der Waals surface area contributed by atoms with Crippen molar-refractivity contribution in [1.82, 2.24) is 10.3 Å². The number of benzene rings is 1. The second-order valence-corrected chi connectivity index (χ2v) is 7.18. The first-order chi connectivity index (χ1) is 12.4. The quantitative estimate of drug-likeness (QED) is 0.842. The molecule has 2 N–H and O–H groups in total. The molecule has 1 saturated carbocycles. The van der Waals surface area contributed by atoms with Crippen LogP contribution in [0.5, 0.6) is 0 Å². The van der Waals surface area contributed by atoms with Gasteiger partial charge in [0.2, 0.25) is 0 Å². The molecule has 2 aromatic rings. The lowest BCUT2D eigenvalue weighted by atomic mass is 10.1. The van der Waals surface area contributed by atoms with E-state index in [0.717, 1.165) is 36.8 Å². The van der Waals surface area contributed by atoms with E-state index in [0.29, 0.717) is 16.3 Å². The standard InChI is InChI=1S/C20H22ClN3O2/c1-12-9-13(2)18(16(21)10-12)24-19(25)14-7-8-22-17(11-14)20(26)23-15-5-3-4-6-15/h7-11,15H,3-6H2,1-2H3,(H,23,26)(H,24,25). The lowest BCUT2D eigenvalue weighted by Gasteiger charge is -2.13. The van der Waals surface area contributed by atoms with Crippen molar-refractivity contribution in [2.75, 3.05) is 5.32 Å². The number of anilines is 1. The number of hydrogen-bond donors (Lipinski definition) is 2. The maximum Gasteiger partial charge on any atom is 0.270 e. The van der Waals surface area contributed by atoms with E-state index < -0.39 is 0 Å². The summed E-state index contributed by atoms with van der Waals surface area (Å²) in [6.45, 7) is 3.84. The van der Waals surface area contributed by atoms with Gasteiger partial charge in [-0.15, -0.1) is 0 Å². The fraction of sp³-hybridized carbons (Fsp3) is 0.350. The van der Waals surface area contributed by atoms with Crippen LogP contribution >= 0.6 is 11.6 Å². The van der Waals surface area contributed by atoms with Gasteiger partial charge in [0.05, 0.1) is 10.7 Å². The molecule has 6 heteroatoms. The van der Waals surface area contributed by atoms with Crippen LogP contribution < -0.4 is 10.6 Å². The zero-order valence-electron chi connectivity index (χ0n) is 14.9. The lowest BCUT2D eigenvalue weighted by molar-refractivity contribution is 0.0933. The molecule has 5 nitrogen and oxygen atoms in total. The molecule has 0 saturated heterocycles. The van der Waals surface area contributed by atoms with Crippen LogP contribution in [0, 0.1) is 13.8 Å². The third-order valence-corrected chi connectivity index (χ3v) is 4.91. The van der Waals surface area contributed by atoms with Gasteiger partial charge in [0.25, 0.3) is 11.8 Å². The molecule has 1 fully saturated rings. The summed E-state index contributed by atoms with van der Waals surface area (Å²) in [5.41, 5.74) is 3.11. The molecule has 1 aromatic heterocycles. The number of amides is 2. The highest BCUT2D eigenvalue weighted by Gasteiger charge is 2.19. The number of carbonyl (C=O) groups excluding carboxylic acids is 2. The Morgan fingerprint density at radius 1 is 1.12 bits per heavy atom. The molecule has 136 valence electrons. The first-order valence-electron chi connectivity index (χ1n) is 8.79. The van der Waals surface area contributed by atoms with Crippen LogP contribution in [0.2, 0.25) is 5.02 Å². The van der Waals surface area contributed by atoms with Crippen LogP contribution in [0.1, 0.15) is 57.7 Å². The molecule has 0 bridgehead atoms. The average Bonchev–Trinajstić information content (AvgIpc) is 3.11. The number of carbonyl (C=O) groups is 2. The molecule has 0 spiro atoms. The molecule has 0 aliphatic heterocycles. The Morgan fingerprint density at radius 3 is 2.54 bits per heavy atom. The van der Waals surface area contributed by atoms with Gasteiger partial charge in [0.15, 0.2) is 0 Å². The number of nitrogens with zero attached hydrogens (tertiary/aromatic N) is 1. The summed E-state index contributed by atoms with van der Waals surface area (Å²) in [6, 6.07) is 7.05. The summed E-state index contributed by atoms with van der Waals surface area (Å²) >= 11 is 6.25. The van der Waals surface area contributed by atoms with Crippen molar-refractivity contribution in [2.24, 2.45) is 0 Å². The van der Waals surface area contributed by atoms with Gasteiger partial charge in [-0.3, -0.25) is 14.6 Å². The summed E-state index contributed by atoms with van der Waals surface area (Å²) in [6.07, 6.45) is 5.74. The molecule has 0 radical (unpaired) electrons. The molecular weight excluding hydrogens is 350 g/mol. The normalized spacial score (nSPS) is 14.3. The maximum absolute atomic E-state index is 12.6. The van der Waals surface area contributed by atoms with Crippen LogP contribution in [0.3, 0.4) is 0 Å². The fourth-order valence-electron chi connectivity index (χ4n) is 3.29. The third kappa shape index (κ3) is 4.22. The molecule has 2 amide bonds. The smallest absolute Gasteiger partial charge is 0.270 e. The van der Waals surface area contributed by atoms with E-state index in [1.807, 2.05) is 19.9 Å². The van der Waals surface area contributed by atoms with Crippen LogP contribution in [-0.4, -0.2) is 22.8 Å². The first kappa shape index (κ1) is 18.4. The van der Waals surface area contributed by atoms with Crippen molar-refractivity contribution in [3.8, 4) is 0 Å². The molecule has 1 aliphatic carbocycles. The van der Waals surface area contributed by atoms with E-state index in [-0.39, 0.29) is 23.6 Å². The Hall–Kier alpha value is -2.40. The highest BCUT2D eigenvalue weighted by molar-refractivity contribution is 6.34. The number of halogens is 1. The van der Waals surface area contributed by atoms with E-state index in [4.69, 9.17) is 11.6 Å².